The number of likely N-dealkylation sites (N-methyl/N-ethyl adjacent to an activating group) is 1. The van der Waals surface area contributed by atoms with Crippen molar-refractivity contribution >= 4 is 12.6 Å². The molecule has 0 aliphatic heterocycles. The lowest BCUT2D eigenvalue weighted by Gasteiger charge is -2.27. The first-order valence-electron chi connectivity index (χ1n) is 23.4. The van der Waals surface area contributed by atoms with Crippen molar-refractivity contribution in [2.45, 2.75) is 199 Å². The first-order chi connectivity index (χ1) is 27.3. The van der Waals surface area contributed by atoms with Gasteiger partial charge in [-0.05, 0) is 75.5 Å². The molecule has 324 valence electrons. The maximum Gasteiger partial charge on any atom is 0.125 e. The number of hydrogen-bond acceptors (Lipinski definition) is 2. The molecule has 3 nitrogen and oxygen atoms in total. The van der Waals surface area contributed by atoms with E-state index in [1.165, 1.54) is 81.8 Å². The van der Waals surface area contributed by atoms with Crippen molar-refractivity contribution in [1.82, 2.24) is 5.32 Å². The quantitative estimate of drug-likeness (QED) is 0.123. The van der Waals surface area contributed by atoms with Crippen LogP contribution in [0.3, 0.4) is 0 Å². The molecule has 1 saturated carbocycles. The van der Waals surface area contributed by atoms with Gasteiger partial charge in [-0.3, -0.25) is 9.98 Å². The lowest BCUT2D eigenvalue weighted by molar-refractivity contribution is 0.349. The molecular formula is C53H97N3. The Morgan fingerprint density at radius 2 is 1.27 bits per heavy atom. The summed E-state index contributed by atoms with van der Waals surface area (Å²) in [6.45, 7) is 38.6. The Hall–Kier alpha value is -2.94. The van der Waals surface area contributed by atoms with Crippen molar-refractivity contribution in [1.29, 1.82) is 0 Å². The lowest BCUT2D eigenvalue weighted by atomic mass is 9.82. The van der Waals surface area contributed by atoms with E-state index < -0.39 is 0 Å². The highest BCUT2D eigenvalue weighted by molar-refractivity contribution is 5.99. The summed E-state index contributed by atoms with van der Waals surface area (Å²) in [5.74, 6) is 4.51. The normalized spacial score (nSPS) is 15.1. The highest BCUT2D eigenvalue weighted by Gasteiger charge is 2.24. The number of aliphatic imine (C=N–C) groups is 2. The fourth-order valence-electron chi connectivity index (χ4n) is 6.49. The summed E-state index contributed by atoms with van der Waals surface area (Å²) >= 11 is 0. The molecule has 2 atom stereocenters. The van der Waals surface area contributed by atoms with Crippen LogP contribution in [-0.2, 0) is 0 Å². The number of amidine groups is 1. The van der Waals surface area contributed by atoms with Gasteiger partial charge in [0.1, 0.15) is 5.84 Å². The molecule has 3 heteroatoms. The van der Waals surface area contributed by atoms with E-state index in [1.807, 2.05) is 84.9 Å². The molecule has 0 heterocycles. The molecule has 2 aliphatic rings. The second-order valence-corrected chi connectivity index (χ2v) is 14.4. The Bertz CT molecular complexity index is 1070. The Labute approximate surface area is 352 Å². The van der Waals surface area contributed by atoms with Crippen molar-refractivity contribution in [3.63, 3.8) is 0 Å². The summed E-state index contributed by atoms with van der Waals surface area (Å²) in [7, 11) is 0. The van der Waals surface area contributed by atoms with E-state index in [1.54, 1.807) is 6.08 Å². The van der Waals surface area contributed by atoms with E-state index in [0.29, 0.717) is 5.92 Å². The Balaban J connectivity index is -0.000000332. The molecule has 0 aromatic heterocycles. The van der Waals surface area contributed by atoms with E-state index in [0.717, 1.165) is 68.1 Å². The minimum atomic E-state index is 0.548. The van der Waals surface area contributed by atoms with Gasteiger partial charge < -0.3 is 5.32 Å². The molecule has 2 aromatic rings. The fraction of sp³-hybridized carbons (Fsp3) is 0.660. The summed E-state index contributed by atoms with van der Waals surface area (Å²) in [5, 5.41) is 3.43. The topological polar surface area (TPSA) is 36.8 Å². The number of allylic oxidation sites excluding steroid dienone is 2. The predicted octanol–water partition coefficient (Wildman–Crippen LogP) is 17.5. The molecule has 1 fully saturated rings. The highest BCUT2D eigenvalue weighted by atomic mass is 15.0. The summed E-state index contributed by atoms with van der Waals surface area (Å²) < 4.78 is 0. The average molecular weight is 776 g/mol. The van der Waals surface area contributed by atoms with Crippen LogP contribution in [0, 0.1) is 17.8 Å². The van der Waals surface area contributed by atoms with Crippen LogP contribution in [0.2, 0.25) is 0 Å². The zero-order valence-electron chi connectivity index (χ0n) is 40.1. The molecule has 0 saturated heterocycles. The highest BCUT2D eigenvalue weighted by Crippen LogP contribution is 2.37. The van der Waals surface area contributed by atoms with E-state index in [2.05, 4.69) is 102 Å². The average Bonchev–Trinajstić information content (AvgIpc) is 3.26. The van der Waals surface area contributed by atoms with Gasteiger partial charge in [0.2, 0.25) is 0 Å². The van der Waals surface area contributed by atoms with Gasteiger partial charge in [-0.2, -0.15) is 0 Å². The van der Waals surface area contributed by atoms with E-state index in [-0.39, 0.29) is 0 Å². The van der Waals surface area contributed by atoms with Gasteiger partial charge in [-0.1, -0.05) is 227 Å². The number of hydrogen-bond donors (Lipinski definition) is 1. The molecule has 0 spiro atoms. The maximum atomic E-state index is 4.74. The second kappa shape index (κ2) is 48.2. The molecule has 56 heavy (non-hydrogen) atoms. The first-order valence-corrected chi connectivity index (χ1v) is 23.4. The van der Waals surface area contributed by atoms with Crippen molar-refractivity contribution < 1.29 is 0 Å². The largest absolute Gasteiger partial charge is 0.370 e. The van der Waals surface area contributed by atoms with Crippen LogP contribution >= 0.6 is 0 Å². The minimum Gasteiger partial charge on any atom is -0.370 e. The second-order valence-electron chi connectivity index (χ2n) is 14.4. The number of nitrogens with zero attached hydrogens (tertiary/aromatic N) is 2. The molecule has 2 aromatic carbocycles. The molecule has 2 unspecified atom stereocenters. The van der Waals surface area contributed by atoms with Gasteiger partial charge in [-0.25, -0.2) is 0 Å². The molecule has 1 N–H and O–H groups in total. The van der Waals surface area contributed by atoms with Crippen LogP contribution in [0.5, 0.6) is 0 Å². The lowest BCUT2D eigenvalue weighted by Crippen LogP contribution is -2.28. The summed E-state index contributed by atoms with van der Waals surface area (Å²) in [5.41, 5.74) is 3.78. The van der Waals surface area contributed by atoms with Crippen molar-refractivity contribution in [2.75, 3.05) is 13.1 Å². The maximum absolute atomic E-state index is 4.74. The van der Waals surface area contributed by atoms with E-state index in [9.17, 15) is 0 Å². The van der Waals surface area contributed by atoms with Crippen LogP contribution in [0.25, 0.3) is 0 Å². The van der Waals surface area contributed by atoms with Crippen molar-refractivity contribution in [3.05, 3.63) is 96.2 Å². The summed E-state index contributed by atoms with van der Waals surface area (Å²) in [6.07, 6.45) is 21.9. The zero-order valence-corrected chi connectivity index (χ0v) is 40.1. The zero-order chi connectivity index (χ0) is 43.2. The third kappa shape index (κ3) is 35.5. The van der Waals surface area contributed by atoms with Crippen LogP contribution in [0.4, 0.5) is 0 Å². The number of nitrogens with one attached hydrogen (secondary N) is 1. The molecule has 0 radical (unpaired) electrons. The molecule has 0 amide bonds. The Morgan fingerprint density at radius 1 is 0.750 bits per heavy atom. The number of benzene rings is 2. The van der Waals surface area contributed by atoms with Crippen molar-refractivity contribution in [2.24, 2.45) is 27.7 Å². The molecular weight excluding hydrogens is 679 g/mol. The molecule has 4 rings (SSSR count). The van der Waals surface area contributed by atoms with Crippen molar-refractivity contribution in [3.8, 4) is 0 Å². The van der Waals surface area contributed by atoms with Crippen LogP contribution in [0.1, 0.15) is 205 Å². The van der Waals surface area contributed by atoms with Crippen LogP contribution in [0.15, 0.2) is 101 Å². The SMILES string of the molecule is C=CC.C=NC1=C(C(=NCCC)NCC)CC(c2ccccc2)CC1.CC.CC.CC.CCC1CCCCC1.CCCC(C)CCCC(C)C.c1ccccc1. The van der Waals surface area contributed by atoms with Gasteiger partial charge in [0, 0.05) is 24.4 Å². The summed E-state index contributed by atoms with van der Waals surface area (Å²) in [6, 6.07) is 22.8. The van der Waals surface area contributed by atoms with Gasteiger partial charge in [0.15, 0.2) is 0 Å². The fourth-order valence-corrected chi connectivity index (χ4v) is 6.49. The Morgan fingerprint density at radius 3 is 1.68 bits per heavy atom. The third-order valence-corrected chi connectivity index (χ3v) is 9.34. The van der Waals surface area contributed by atoms with Gasteiger partial charge in [0.05, 0.1) is 0 Å². The number of rotatable bonds is 13. The van der Waals surface area contributed by atoms with Crippen LogP contribution in [-0.4, -0.2) is 25.6 Å². The monoisotopic (exact) mass is 776 g/mol. The first kappa shape index (κ1) is 59.7. The third-order valence-electron chi connectivity index (χ3n) is 9.34. The molecule has 0 bridgehead atoms. The van der Waals surface area contributed by atoms with Gasteiger partial charge in [-0.15, -0.1) is 6.58 Å². The van der Waals surface area contributed by atoms with Crippen LogP contribution < -0.4 is 5.32 Å². The van der Waals surface area contributed by atoms with Gasteiger partial charge in [0.25, 0.3) is 0 Å². The molecule has 2 aliphatic carbocycles. The summed E-state index contributed by atoms with van der Waals surface area (Å²) in [4.78, 5) is 9.02. The predicted molar refractivity (Wildman–Crippen MR) is 262 cm³/mol. The Kier molecular flexibility index (Phi) is 51.4. The smallest absolute Gasteiger partial charge is 0.125 e. The minimum absolute atomic E-state index is 0.548. The van der Waals surface area contributed by atoms with Gasteiger partial charge >= 0.3 is 0 Å². The standard InChI is InChI=1S/C19H27N3.C11H24.C8H16.C6H6.C3H6.3C2H6/c1-4-13-22-19(21-5-2)17-14-16(11-12-18(17)20-3)15-9-7-6-8-10-15;1-5-7-11(4)9-6-8-10(2)3;1-2-8-6-4-3-5-7-8;1-2-4-6-5-3-1;1-3-2;3*1-2/h6-10,16H,3-5,11-14H2,1-2H3,(H,21,22);10-11H,5-9H2,1-4H3;8H,2-7H2,1H3;1-6H;3H,1H2,2H3;3*1-2H3. The van der Waals surface area contributed by atoms with E-state index >= 15 is 0 Å². The van der Waals surface area contributed by atoms with E-state index in [4.69, 9.17) is 4.99 Å².